The van der Waals surface area contributed by atoms with Gasteiger partial charge < -0.3 is 9.72 Å². The van der Waals surface area contributed by atoms with E-state index in [0.717, 1.165) is 4.31 Å². The highest BCUT2D eigenvalue weighted by molar-refractivity contribution is 7.89. The number of sulfonamides is 1. The molecule has 0 aliphatic heterocycles. The molecule has 0 fully saturated rings. The molecule has 0 aliphatic carbocycles. The van der Waals surface area contributed by atoms with E-state index in [0.29, 0.717) is 17.0 Å². The van der Waals surface area contributed by atoms with Crippen molar-refractivity contribution in [2.24, 2.45) is 0 Å². The minimum atomic E-state index is -3.97. The lowest BCUT2D eigenvalue weighted by Crippen LogP contribution is -2.35. The van der Waals surface area contributed by atoms with Gasteiger partial charge in [-0.3, -0.25) is 9.78 Å². The number of methoxy groups -OCH3 is 1. The van der Waals surface area contributed by atoms with E-state index in [9.17, 15) is 18.0 Å². The maximum Gasteiger partial charge on any atom is 0.354 e. The number of pyridine rings is 1. The molecule has 2 aromatic heterocycles. The lowest BCUT2D eigenvalue weighted by molar-refractivity contribution is 0.0594. The average molecular weight is 442 g/mol. The Labute approximate surface area is 180 Å². The van der Waals surface area contributed by atoms with E-state index >= 15 is 0 Å². The van der Waals surface area contributed by atoms with Crippen LogP contribution in [0.5, 0.6) is 0 Å². The fourth-order valence-electron chi connectivity index (χ4n) is 3.35. The van der Waals surface area contributed by atoms with Gasteiger partial charge in [-0.25, -0.2) is 13.2 Å². The number of benzene rings is 1. The lowest BCUT2D eigenvalue weighted by Gasteiger charge is -2.21. The first-order valence-corrected chi connectivity index (χ1v) is 11.0. The number of nitrogens with one attached hydrogen (secondary N) is 1. The third-order valence-electron chi connectivity index (χ3n) is 4.87. The van der Waals surface area contributed by atoms with Crippen LogP contribution < -0.4 is 0 Å². The summed E-state index contributed by atoms with van der Waals surface area (Å²) in [6.07, 6.45) is 1.56. The molecular weight excluding hydrogens is 418 g/mol. The second kappa shape index (κ2) is 9.23. The maximum atomic E-state index is 13.3. The fraction of sp³-hybridized carbons (Fsp3) is 0.227. The molecule has 1 N–H and O–H groups in total. The van der Waals surface area contributed by atoms with Crippen LogP contribution in [0.15, 0.2) is 59.6 Å². The molecule has 0 aliphatic rings. The van der Waals surface area contributed by atoms with Gasteiger partial charge in [-0.1, -0.05) is 24.3 Å². The zero-order valence-electron chi connectivity index (χ0n) is 17.5. The molecule has 162 valence electrons. The molecule has 9 heteroatoms. The number of rotatable bonds is 8. The molecule has 0 radical (unpaired) electrons. The van der Waals surface area contributed by atoms with Gasteiger partial charge in [-0.05, 0) is 43.7 Å². The Kier molecular flexibility index (Phi) is 6.67. The number of ether oxygens (including phenoxy) is 1. The molecule has 0 atom stereocenters. The Morgan fingerprint density at radius 2 is 1.74 bits per heavy atom. The second-order valence-corrected chi connectivity index (χ2v) is 8.88. The molecule has 0 saturated heterocycles. The SMILES string of the molecule is COC(=O)c1[nH]c(C)c(C(=O)CN(Cc2ccccn2)S(=O)(=O)c2ccccc2)c1C. The first-order valence-electron chi connectivity index (χ1n) is 9.51. The van der Waals surface area contributed by atoms with Crippen molar-refractivity contribution in [1.29, 1.82) is 0 Å². The van der Waals surface area contributed by atoms with Gasteiger partial charge in [0.25, 0.3) is 0 Å². The van der Waals surface area contributed by atoms with Crippen molar-refractivity contribution in [3.63, 3.8) is 0 Å². The summed E-state index contributed by atoms with van der Waals surface area (Å²) in [5.41, 5.74) is 1.84. The van der Waals surface area contributed by atoms with Gasteiger partial charge in [-0.15, -0.1) is 0 Å². The van der Waals surface area contributed by atoms with Crippen LogP contribution in [-0.4, -0.2) is 48.1 Å². The maximum absolute atomic E-state index is 13.3. The summed E-state index contributed by atoms with van der Waals surface area (Å²) in [6, 6.07) is 13.1. The number of aromatic nitrogens is 2. The molecule has 0 bridgehead atoms. The number of ketones is 1. The summed E-state index contributed by atoms with van der Waals surface area (Å²) in [6.45, 7) is 2.80. The Bertz CT molecular complexity index is 1190. The van der Waals surface area contributed by atoms with Gasteiger partial charge in [-0.2, -0.15) is 4.31 Å². The summed E-state index contributed by atoms with van der Waals surface area (Å²) < 4.78 is 32.4. The van der Waals surface area contributed by atoms with Gasteiger partial charge >= 0.3 is 5.97 Å². The van der Waals surface area contributed by atoms with Crippen LogP contribution in [0.2, 0.25) is 0 Å². The Balaban J connectivity index is 1.99. The molecular formula is C22H23N3O5S. The monoisotopic (exact) mass is 441 g/mol. The number of aryl methyl sites for hydroxylation is 1. The van der Waals surface area contributed by atoms with E-state index in [1.165, 1.54) is 19.2 Å². The zero-order valence-corrected chi connectivity index (χ0v) is 18.3. The minimum Gasteiger partial charge on any atom is -0.464 e. The molecule has 0 spiro atoms. The van der Waals surface area contributed by atoms with Crippen LogP contribution in [0.3, 0.4) is 0 Å². The van der Waals surface area contributed by atoms with Crippen LogP contribution in [-0.2, 0) is 21.3 Å². The van der Waals surface area contributed by atoms with Gasteiger partial charge in [0.15, 0.2) is 5.78 Å². The van der Waals surface area contributed by atoms with Gasteiger partial charge in [0.05, 0.1) is 30.8 Å². The number of hydrogen-bond acceptors (Lipinski definition) is 6. The van der Waals surface area contributed by atoms with Crippen molar-refractivity contribution >= 4 is 21.8 Å². The third-order valence-corrected chi connectivity index (χ3v) is 6.68. The summed E-state index contributed by atoms with van der Waals surface area (Å²) in [5, 5.41) is 0. The number of aromatic amines is 1. The first kappa shape index (κ1) is 22.4. The normalized spacial score (nSPS) is 11.5. The fourth-order valence-corrected chi connectivity index (χ4v) is 4.74. The number of hydrogen-bond donors (Lipinski definition) is 1. The molecule has 0 unspecified atom stereocenters. The predicted octanol–water partition coefficient (Wildman–Crippen LogP) is 2.89. The molecule has 1 aromatic carbocycles. The number of Topliss-reactive ketones (excluding diaryl/α,β-unsaturated/α-hetero) is 1. The standard InChI is InChI=1S/C22H23N3O5S/c1-15-20(16(2)24-21(15)22(27)30-3)19(26)14-25(13-17-9-7-8-12-23-17)31(28,29)18-10-5-4-6-11-18/h4-12,24H,13-14H2,1-3H3. The number of nitrogens with zero attached hydrogens (tertiary/aromatic N) is 2. The number of H-pyrrole nitrogens is 1. The summed E-state index contributed by atoms with van der Waals surface area (Å²) >= 11 is 0. The van der Waals surface area contributed by atoms with E-state index in [-0.39, 0.29) is 22.7 Å². The van der Waals surface area contributed by atoms with E-state index in [1.54, 1.807) is 56.4 Å². The van der Waals surface area contributed by atoms with E-state index in [1.807, 2.05) is 0 Å². The van der Waals surface area contributed by atoms with Crippen molar-refractivity contribution in [2.75, 3.05) is 13.7 Å². The van der Waals surface area contributed by atoms with Crippen molar-refractivity contribution < 1.29 is 22.7 Å². The lowest BCUT2D eigenvalue weighted by atomic mass is 10.1. The highest BCUT2D eigenvalue weighted by atomic mass is 32.2. The highest BCUT2D eigenvalue weighted by Gasteiger charge is 2.30. The van der Waals surface area contributed by atoms with Crippen LogP contribution in [0.1, 0.15) is 37.8 Å². The van der Waals surface area contributed by atoms with Gasteiger partial charge in [0.2, 0.25) is 10.0 Å². The second-order valence-electron chi connectivity index (χ2n) is 6.95. The van der Waals surface area contributed by atoms with Crippen molar-refractivity contribution in [3.8, 4) is 0 Å². The minimum absolute atomic E-state index is 0.0732. The quantitative estimate of drug-likeness (QED) is 0.425. The first-order chi connectivity index (χ1) is 14.8. The topological polar surface area (TPSA) is 109 Å². The van der Waals surface area contributed by atoms with Crippen molar-refractivity contribution in [2.45, 2.75) is 25.3 Å². The average Bonchev–Trinajstić information content (AvgIpc) is 3.08. The molecule has 31 heavy (non-hydrogen) atoms. The van der Waals surface area contributed by atoms with E-state index < -0.39 is 28.3 Å². The van der Waals surface area contributed by atoms with Crippen LogP contribution in [0, 0.1) is 13.8 Å². The molecule has 0 amide bonds. The smallest absolute Gasteiger partial charge is 0.354 e. The predicted molar refractivity (Wildman–Crippen MR) is 114 cm³/mol. The zero-order chi connectivity index (χ0) is 22.6. The largest absolute Gasteiger partial charge is 0.464 e. The van der Waals surface area contributed by atoms with E-state index in [2.05, 4.69) is 9.97 Å². The summed E-state index contributed by atoms with van der Waals surface area (Å²) in [4.78, 5) is 32.3. The van der Waals surface area contributed by atoms with Crippen molar-refractivity contribution in [3.05, 3.63) is 82.9 Å². The summed E-state index contributed by atoms with van der Waals surface area (Å²) in [5.74, 6) is -1.03. The van der Waals surface area contributed by atoms with Crippen LogP contribution in [0.4, 0.5) is 0 Å². The molecule has 0 saturated carbocycles. The molecule has 8 nitrogen and oxygen atoms in total. The Morgan fingerprint density at radius 3 is 2.35 bits per heavy atom. The van der Waals surface area contributed by atoms with E-state index in [4.69, 9.17) is 4.74 Å². The molecule has 3 aromatic rings. The van der Waals surface area contributed by atoms with Crippen molar-refractivity contribution in [1.82, 2.24) is 14.3 Å². The number of carbonyl (C=O) groups excluding carboxylic acids is 2. The Morgan fingerprint density at radius 1 is 1.06 bits per heavy atom. The molecule has 3 rings (SSSR count). The Hall–Kier alpha value is -3.30. The van der Waals surface area contributed by atoms with Gasteiger partial charge in [0.1, 0.15) is 5.69 Å². The molecule has 2 heterocycles. The highest BCUT2D eigenvalue weighted by Crippen LogP contribution is 2.23. The van der Waals surface area contributed by atoms with Gasteiger partial charge in [0, 0.05) is 17.5 Å². The number of carbonyl (C=O) groups is 2. The number of esters is 1. The summed E-state index contributed by atoms with van der Waals surface area (Å²) in [7, 11) is -2.72. The van der Waals surface area contributed by atoms with Crippen LogP contribution >= 0.6 is 0 Å². The van der Waals surface area contributed by atoms with Crippen LogP contribution in [0.25, 0.3) is 0 Å². The third kappa shape index (κ3) is 4.73.